The number of nitrogens with one attached hydrogen (secondary N) is 2. The second kappa shape index (κ2) is 9.53. The Hall–Kier alpha value is -1.59. The Morgan fingerprint density at radius 1 is 1.35 bits per heavy atom. The molecule has 1 aromatic carbocycles. The maximum Gasteiger partial charge on any atom is 0.320 e. The fourth-order valence-corrected chi connectivity index (χ4v) is 2.47. The SMILES string of the molecule is CCCCC(NC(C)CC(=O)Nc1cc(Cl)ccc1C)C(=O)O. The Kier molecular flexibility index (Phi) is 8.06. The number of carbonyl (C=O) groups excluding carboxylic acids is 1. The van der Waals surface area contributed by atoms with Crippen LogP contribution in [0.5, 0.6) is 0 Å². The first-order valence-corrected chi connectivity index (χ1v) is 8.26. The van der Waals surface area contributed by atoms with E-state index in [1.807, 2.05) is 26.8 Å². The lowest BCUT2D eigenvalue weighted by atomic mass is 10.1. The summed E-state index contributed by atoms with van der Waals surface area (Å²) in [6.07, 6.45) is 2.53. The molecule has 0 fully saturated rings. The summed E-state index contributed by atoms with van der Waals surface area (Å²) in [6, 6.07) is 4.46. The molecule has 0 radical (unpaired) electrons. The van der Waals surface area contributed by atoms with Gasteiger partial charge in [0, 0.05) is 23.2 Å². The molecule has 23 heavy (non-hydrogen) atoms. The number of aryl methyl sites for hydroxylation is 1. The number of rotatable bonds is 9. The number of halogens is 1. The van der Waals surface area contributed by atoms with Crippen molar-refractivity contribution in [3.05, 3.63) is 28.8 Å². The number of anilines is 1. The van der Waals surface area contributed by atoms with Gasteiger partial charge in [-0.15, -0.1) is 0 Å². The van der Waals surface area contributed by atoms with E-state index < -0.39 is 12.0 Å². The van der Waals surface area contributed by atoms with Crippen molar-refractivity contribution in [3.8, 4) is 0 Å². The van der Waals surface area contributed by atoms with Gasteiger partial charge in [0.1, 0.15) is 6.04 Å². The lowest BCUT2D eigenvalue weighted by Gasteiger charge is -2.20. The predicted molar refractivity (Wildman–Crippen MR) is 93.0 cm³/mol. The van der Waals surface area contributed by atoms with Gasteiger partial charge in [-0.1, -0.05) is 37.4 Å². The van der Waals surface area contributed by atoms with E-state index in [-0.39, 0.29) is 18.4 Å². The first-order chi connectivity index (χ1) is 10.8. The van der Waals surface area contributed by atoms with Crippen LogP contribution in [0.3, 0.4) is 0 Å². The summed E-state index contributed by atoms with van der Waals surface area (Å²) in [5, 5.41) is 15.6. The Morgan fingerprint density at radius 2 is 2.04 bits per heavy atom. The van der Waals surface area contributed by atoms with Gasteiger partial charge < -0.3 is 15.7 Å². The summed E-state index contributed by atoms with van der Waals surface area (Å²) in [6.45, 7) is 5.72. The second-order valence-corrected chi connectivity index (χ2v) is 6.25. The third kappa shape index (κ3) is 7.01. The zero-order chi connectivity index (χ0) is 17.4. The predicted octanol–water partition coefficient (Wildman–Crippen LogP) is 3.60. The number of carbonyl (C=O) groups is 2. The number of carboxylic acid groups (broad SMARTS) is 1. The summed E-state index contributed by atoms with van der Waals surface area (Å²) in [4.78, 5) is 23.3. The number of unbranched alkanes of at least 4 members (excludes halogenated alkanes) is 1. The van der Waals surface area contributed by atoms with Crippen molar-refractivity contribution in [1.29, 1.82) is 0 Å². The Morgan fingerprint density at radius 3 is 2.65 bits per heavy atom. The van der Waals surface area contributed by atoms with E-state index in [9.17, 15) is 14.7 Å². The molecule has 0 aliphatic carbocycles. The lowest BCUT2D eigenvalue weighted by Crippen LogP contribution is -2.43. The highest BCUT2D eigenvalue weighted by Gasteiger charge is 2.20. The Labute approximate surface area is 142 Å². The summed E-state index contributed by atoms with van der Waals surface area (Å²) in [7, 11) is 0. The monoisotopic (exact) mass is 340 g/mol. The van der Waals surface area contributed by atoms with Crippen LogP contribution in [0.1, 0.15) is 45.1 Å². The van der Waals surface area contributed by atoms with Crippen LogP contribution in [-0.4, -0.2) is 29.1 Å². The molecule has 128 valence electrons. The maximum absolute atomic E-state index is 12.1. The Balaban J connectivity index is 2.55. The molecule has 0 saturated heterocycles. The average Bonchev–Trinajstić information content (AvgIpc) is 2.46. The minimum Gasteiger partial charge on any atom is -0.480 e. The van der Waals surface area contributed by atoms with Gasteiger partial charge in [0.05, 0.1) is 0 Å². The van der Waals surface area contributed by atoms with E-state index in [2.05, 4.69) is 10.6 Å². The van der Waals surface area contributed by atoms with Crippen molar-refractivity contribution in [3.63, 3.8) is 0 Å². The van der Waals surface area contributed by atoms with E-state index >= 15 is 0 Å². The van der Waals surface area contributed by atoms with Gasteiger partial charge in [-0.2, -0.15) is 0 Å². The molecular formula is C17H25ClN2O3. The molecule has 5 nitrogen and oxygen atoms in total. The summed E-state index contributed by atoms with van der Waals surface area (Å²) in [5.74, 6) is -1.05. The standard InChI is InChI=1S/C17H25ClN2O3/c1-4-5-6-14(17(22)23)19-12(3)9-16(21)20-15-10-13(18)8-7-11(15)2/h7-8,10,12,14,19H,4-6,9H2,1-3H3,(H,20,21)(H,22,23). The van der Waals surface area contributed by atoms with Crippen LogP contribution in [-0.2, 0) is 9.59 Å². The zero-order valence-electron chi connectivity index (χ0n) is 13.9. The normalized spacial score (nSPS) is 13.4. The third-order valence-corrected chi connectivity index (χ3v) is 3.83. The van der Waals surface area contributed by atoms with Gasteiger partial charge in [-0.05, 0) is 38.0 Å². The number of hydrogen-bond donors (Lipinski definition) is 3. The van der Waals surface area contributed by atoms with Gasteiger partial charge in [0.25, 0.3) is 0 Å². The molecule has 0 aliphatic heterocycles. The van der Waals surface area contributed by atoms with Gasteiger partial charge in [0.2, 0.25) is 5.91 Å². The smallest absolute Gasteiger partial charge is 0.320 e. The van der Waals surface area contributed by atoms with Gasteiger partial charge >= 0.3 is 5.97 Å². The fourth-order valence-electron chi connectivity index (χ4n) is 2.30. The van der Waals surface area contributed by atoms with Crippen molar-refractivity contribution >= 4 is 29.2 Å². The highest BCUT2D eigenvalue weighted by Crippen LogP contribution is 2.20. The molecule has 3 N–H and O–H groups in total. The first-order valence-electron chi connectivity index (χ1n) is 7.88. The summed E-state index contributed by atoms with van der Waals surface area (Å²) < 4.78 is 0. The largest absolute Gasteiger partial charge is 0.480 e. The molecule has 6 heteroatoms. The quantitative estimate of drug-likeness (QED) is 0.641. The average molecular weight is 341 g/mol. The summed E-state index contributed by atoms with van der Waals surface area (Å²) in [5.41, 5.74) is 1.60. The van der Waals surface area contributed by atoms with Crippen LogP contribution in [0.25, 0.3) is 0 Å². The number of hydrogen-bond acceptors (Lipinski definition) is 3. The molecule has 0 spiro atoms. The topological polar surface area (TPSA) is 78.4 Å². The molecule has 0 heterocycles. The van der Waals surface area contributed by atoms with Gasteiger partial charge in [-0.3, -0.25) is 9.59 Å². The molecule has 0 aliphatic rings. The number of amides is 1. The second-order valence-electron chi connectivity index (χ2n) is 5.81. The molecule has 1 rings (SSSR count). The van der Waals surface area contributed by atoms with E-state index in [0.29, 0.717) is 17.1 Å². The molecule has 1 aromatic rings. The van der Waals surface area contributed by atoms with E-state index in [4.69, 9.17) is 11.6 Å². The highest BCUT2D eigenvalue weighted by atomic mass is 35.5. The van der Waals surface area contributed by atoms with Gasteiger partial charge in [-0.25, -0.2) is 0 Å². The van der Waals surface area contributed by atoms with Crippen LogP contribution in [0.15, 0.2) is 18.2 Å². The van der Waals surface area contributed by atoms with Crippen molar-refractivity contribution < 1.29 is 14.7 Å². The molecule has 2 unspecified atom stereocenters. The van der Waals surface area contributed by atoms with Crippen LogP contribution in [0, 0.1) is 6.92 Å². The minimum absolute atomic E-state index is 0.171. The van der Waals surface area contributed by atoms with Crippen LogP contribution >= 0.6 is 11.6 Å². The number of aliphatic carboxylic acids is 1. The Bertz CT molecular complexity index is 549. The van der Waals surface area contributed by atoms with Crippen LogP contribution in [0.4, 0.5) is 5.69 Å². The maximum atomic E-state index is 12.1. The molecule has 1 amide bonds. The molecule has 0 saturated carbocycles. The minimum atomic E-state index is -0.878. The van der Waals surface area contributed by atoms with Crippen LogP contribution in [0.2, 0.25) is 5.02 Å². The summed E-state index contributed by atoms with van der Waals surface area (Å²) >= 11 is 5.93. The number of carboxylic acids is 1. The molecular weight excluding hydrogens is 316 g/mol. The fraction of sp³-hybridized carbons (Fsp3) is 0.529. The van der Waals surface area contributed by atoms with Crippen molar-refractivity contribution in [2.24, 2.45) is 0 Å². The lowest BCUT2D eigenvalue weighted by molar-refractivity contribution is -0.140. The highest BCUT2D eigenvalue weighted by molar-refractivity contribution is 6.31. The third-order valence-electron chi connectivity index (χ3n) is 3.60. The van der Waals surface area contributed by atoms with E-state index in [1.165, 1.54) is 0 Å². The van der Waals surface area contributed by atoms with Crippen molar-refractivity contribution in [1.82, 2.24) is 5.32 Å². The number of benzene rings is 1. The van der Waals surface area contributed by atoms with Gasteiger partial charge in [0.15, 0.2) is 0 Å². The van der Waals surface area contributed by atoms with Crippen molar-refractivity contribution in [2.75, 3.05) is 5.32 Å². The molecule has 0 aromatic heterocycles. The first kappa shape index (κ1) is 19.5. The van der Waals surface area contributed by atoms with E-state index in [1.54, 1.807) is 12.1 Å². The van der Waals surface area contributed by atoms with Crippen LogP contribution < -0.4 is 10.6 Å². The van der Waals surface area contributed by atoms with Crippen molar-refractivity contribution in [2.45, 2.75) is 58.5 Å². The molecule has 0 bridgehead atoms. The zero-order valence-corrected chi connectivity index (χ0v) is 14.6. The van der Waals surface area contributed by atoms with E-state index in [0.717, 1.165) is 18.4 Å². The molecule has 2 atom stereocenters.